The van der Waals surface area contributed by atoms with Crippen LogP contribution in [0.4, 0.5) is 58.4 Å². The molecule has 0 aliphatic carbocycles. The van der Waals surface area contributed by atoms with Crippen molar-refractivity contribution in [3.8, 4) is 0 Å². The first kappa shape index (κ1) is 42.0. The molecule has 0 saturated carbocycles. The molecule has 268 valence electrons. The van der Waals surface area contributed by atoms with Crippen molar-refractivity contribution in [2.45, 2.75) is 9.79 Å². The van der Waals surface area contributed by atoms with E-state index in [1.807, 2.05) is 36.4 Å². The molecule has 0 atom stereocenters. The van der Waals surface area contributed by atoms with Gasteiger partial charge < -0.3 is 35.6 Å². The zero-order chi connectivity index (χ0) is 36.9. The second kappa shape index (κ2) is 18.1. The summed E-state index contributed by atoms with van der Waals surface area (Å²) in [5.74, 6) is -0.0500. The third-order valence-electron chi connectivity index (χ3n) is 6.90. The SMILES string of the molecule is Nc1nc(Nc2ccccc2)nc(Nc2ccc(/C=C/c3ccc(Nc4nc(N)nc(Nc5ccccc5)n4)cc3S(=O)(=O)O)c(S(=O)(=O)O)c2)n1.[H-].[H-].[Na+].[Na+]. The van der Waals surface area contributed by atoms with E-state index < -0.39 is 30.0 Å². The second-order valence-corrected chi connectivity index (χ2v) is 13.5. The minimum absolute atomic E-state index is 0. The average molecular weight is 789 g/mol. The van der Waals surface area contributed by atoms with E-state index in [9.17, 15) is 25.9 Å². The number of nitrogen functional groups attached to an aromatic ring is 2. The Morgan fingerprint density at radius 2 is 0.796 bits per heavy atom. The number of nitrogens with zero attached hydrogens (tertiary/aromatic N) is 6. The van der Waals surface area contributed by atoms with Gasteiger partial charge in [-0.15, -0.1) is 0 Å². The number of hydrogen-bond acceptors (Lipinski definition) is 16. The standard InChI is InChI=1S/C32H28N12O6S2.2Na.2H/c33-27-39-29(35-21-7-3-1-4-8-21)43-31(41-27)37-23-15-13-19(25(17-23)51(45,46)47)11-12-20-14-16-24(18-26(20)52(48,49)50)38-32-42-28(34)40-30(44-32)36-22-9-5-2-6-10-22;;;;/h1-18H,(H,45,46,47)(H,48,49,50)(H4,33,35,37,39,41,43)(H4,34,36,38,40,42,44);;;;/q;2*+1;2*-1/b12-11+;;;;. The first-order valence-corrected chi connectivity index (χ1v) is 17.8. The fraction of sp³-hybridized carbons (Fsp3) is 0. The molecule has 6 aromatic rings. The topological polar surface area (TPSA) is 286 Å². The van der Waals surface area contributed by atoms with Crippen molar-refractivity contribution in [1.82, 2.24) is 29.9 Å². The minimum atomic E-state index is -4.81. The number of nitrogens with two attached hydrogens (primary N) is 2. The smallest absolute Gasteiger partial charge is 1.00 e. The summed E-state index contributed by atoms with van der Waals surface area (Å²) in [6.07, 6.45) is 2.50. The van der Waals surface area contributed by atoms with Crippen LogP contribution in [-0.4, -0.2) is 55.8 Å². The summed E-state index contributed by atoms with van der Waals surface area (Å²) >= 11 is 0. The first-order chi connectivity index (χ1) is 24.8. The number of hydrogen-bond donors (Lipinski definition) is 8. The third kappa shape index (κ3) is 11.4. The Morgan fingerprint density at radius 1 is 0.481 bits per heavy atom. The molecule has 0 amide bonds. The molecule has 0 radical (unpaired) electrons. The molecule has 6 rings (SSSR count). The van der Waals surface area contributed by atoms with Crippen LogP contribution in [0.2, 0.25) is 0 Å². The molecule has 10 N–H and O–H groups in total. The number of anilines is 10. The first-order valence-electron chi connectivity index (χ1n) is 14.9. The molecule has 0 bridgehead atoms. The number of benzene rings is 4. The van der Waals surface area contributed by atoms with E-state index in [4.69, 9.17) is 11.5 Å². The Bertz CT molecular complexity index is 2360. The van der Waals surface area contributed by atoms with Crippen molar-refractivity contribution in [2.75, 3.05) is 32.7 Å². The summed E-state index contributed by atoms with van der Waals surface area (Å²) < 4.78 is 69.8. The molecule has 0 saturated heterocycles. The fourth-order valence-electron chi connectivity index (χ4n) is 4.69. The normalized spacial score (nSPS) is 11.2. The van der Waals surface area contributed by atoms with Gasteiger partial charge >= 0.3 is 59.1 Å². The van der Waals surface area contributed by atoms with E-state index in [-0.39, 0.29) is 120 Å². The van der Waals surface area contributed by atoms with Crippen LogP contribution < -0.4 is 91.8 Å². The van der Waals surface area contributed by atoms with Crippen molar-refractivity contribution in [3.05, 3.63) is 108 Å². The van der Waals surface area contributed by atoms with Gasteiger partial charge in [0, 0.05) is 22.7 Å². The molecular weight excluding hydrogens is 759 g/mol. The van der Waals surface area contributed by atoms with Gasteiger partial charge in [0.05, 0.1) is 0 Å². The van der Waals surface area contributed by atoms with Gasteiger partial charge in [0.1, 0.15) is 9.79 Å². The predicted molar refractivity (Wildman–Crippen MR) is 198 cm³/mol. The maximum atomic E-state index is 12.4. The van der Waals surface area contributed by atoms with Gasteiger partial charge in [0.15, 0.2) is 0 Å². The van der Waals surface area contributed by atoms with E-state index >= 15 is 0 Å². The van der Waals surface area contributed by atoms with Crippen LogP contribution in [0.25, 0.3) is 12.2 Å². The van der Waals surface area contributed by atoms with Gasteiger partial charge in [-0.1, -0.05) is 60.7 Å². The van der Waals surface area contributed by atoms with E-state index in [0.29, 0.717) is 11.4 Å². The summed E-state index contributed by atoms with van der Waals surface area (Å²) in [6, 6.07) is 26.0. The number of nitrogens with one attached hydrogen (secondary N) is 4. The monoisotopic (exact) mass is 788 g/mol. The largest absolute Gasteiger partial charge is 1.00 e. The molecule has 0 unspecified atom stereocenters. The summed E-state index contributed by atoms with van der Waals surface area (Å²) in [7, 11) is -9.62. The number of aromatic nitrogens is 6. The van der Waals surface area contributed by atoms with Crippen LogP contribution in [0, 0.1) is 0 Å². The van der Waals surface area contributed by atoms with E-state index in [2.05, 4.69) is 51.2 Å². The zero-order valence-electron chi connectivity index (χ0n) is 30.6. The Morgan fingerprint density at radius 3 is 1.11 bits per heavy atom. The Labute approximate surface area is 356 Å². The van der Waals surface area contributed by atoms with Gasteiger partial charge in [0.25, 0.3) is 20.2 Å². The number of para-hydroxylation sites is 2. The summed E-state index contributed by atoms with van der Waals surface area (Å²) in [6.45, 7) is 0. The van der Waals surface area contributed by atoms with Gasteiger partial charge in [-0.2, -0.15) is 46.7 Å². The van der Waals surface area contributed by atoms with Crippen molar-refractivity contribution >= 4 is 90.8 Å². The van der Waals surface area contributed by atoms with Gasteiger partial charge in [-0.25, -0.2) is 0 Å². The van der Waals surface area contributed by atoms with Crippen molar-refractivity contribution < 1.29 is 87.9 Å². The summed E-state index contributed by atoms with van der Waals surface area (Å²) in [5, 5.41) is 11.6. The second-order valence-electron chi connectivity index (χ2n) is 10.7. The van der Waals surface area contributed by atoms with Crippen LogP contribution in [0.5, 0.6) is 0 Å². The quantitative estimate of drug-likeness (QED) is 0.0423. The predicted octanol–water partition coefficient (Wildman–Crippen LogP) is -0.908. The zero-order valence-corrected chi connectivity index (χ0v) is 34.2. The molecule has 0 spiro atoms. The molecule has 54 heavy (non-hydrogen) atoms. The van der Waals surface area contributed by atoms with Gasteiger partial charge in [-0.3, -0.25) is 9.11 Å². The number of rotatable bonds is 12. The third-order valence-corrected chi connectivity index (χ3v) is 8.72. The van der Waals surface area contributed by atoms with Gasteiger partial charge in [0.2, 0.25) is 35.7 Å². The Balaban J connectivity index is 0.00000271. The molecular formula is C32H30N12Na2O6S2. The van der Waals surface area contributed by atoms with Crippen LogP contribution in [0.1, 0.15) is 14.0 Å². The molecule has 2 aromatic heterocycles. The fourth-order valence-corrected chi connectivity index (χ4v) is 6.11. The van der Waals surface area contributed by atoms with Crippen molar-refractivity contribution in [3.63, 3.8) is 0 Å². The minimum Gasteiger partial charge on any atom is -1.00 e. The van der Waals surface area contributed by atoms with Crippen molar-refractivity contribution in [1.29, 1.82) is 0 Å². The van der Waals surface area contributed by atoms with Crippen LogP contribution >= 0.6 is 0 Å². The average Bonchev–Trinajstić information content (AvgIpc) is 3.07. The Hall–Kier alpha value is -4.74. The van der Waals surface area contributed by atoms with Crippen LogP contribution in [0.3, 0.4) is 0 Å². The van der Waals surface area contributed by atoms with E-state index in [1.165, 1.54) is 36.4 Å². The molecule has 18 nitrogen and oxygen atoms in total. The van der Waals surface area contributed by atoms with Crippen LogP contribution in [0.15, 0.2) is 107 Å². The maximum Gasteiger partial charge on any atom is 1.00 e. The summed E-state index contributed by atoms with van der Waals surface area (Å²) in [5.41, 5.74) is 13.4. The van der Waals surface area contributed by atoms with Crippen molar-refractivity contribution in [2.24, 2.45) is 0 Å². The summed E-state index contributed by atoms with van der Waals surface area (Å²) in [4.78, 5) is 23.6. The molecule has 0 fully saturated rings. The van der Waals surface area contributed by atoms with Crippen LogP contribution in [-0.2, 0) is 20.2 Å². The Kier molecular flexibility index (Phi) is 14.0. The molecule has 4 aromatic carbocycles. The van der Waals surface area contributed by atoms with Gasteiger partial charge in [-0.05, 0) is 59.7 Å². The van der Waals surface area contributed by atoms with E-state index in [0.717, 1.165) is 12.1 Å². The molecule has 2 heterocycles. The molecule has 0 aliphatic rings. The maximum absolute atomic E-state index is 12.4. The van der Waals surface area contributed by atoms with E-state index in [1.54, 1.807) is 24.3 Å². The molecule has 0 aliphatic heterocycles. The molecule has 22 heteroatoms.